The first-order valence-electron chi connectivity index (χ1n) is 5.32. The molecular formula is C9H21N3O2S. The predicted octanol–water partition coefficient (Wildman–Crippen LogP) is -1.31. The van der Waals surface area contributed by atoms with E-state index in [4.69, 9.17) is 11.5 Å². The van der Waals surface area contributed by atoms with E-state index in [9.17, 15) is 9.32 Å². The van der Waals surface area contributed by atoms with Crippen LogP contribution in [-0.2, 0) is 11.0 Å². The number of aliphatic hydroxyl groups excluding tert-OH is 1. The van der Waals surface area contributed by atoms with Crippen LogP contribution in [-0.4, -0.2) is 39.8 Å². The summed E-state index contributed by atoms with van der Waals surface area (Å²) in [6.45, 7) is 2.34. The summed E-state index contributed by atoms with van der Waals surface area (Å²) in [5.74, 6) is 0.563. The molecule has 5 nitrogen and oxygen atoms in total. The van der Waals surface area contributed by atoms with Gasteiger partial charge in [-0.2, -0.15) is 0 Å². The van der Waals surface area contributed by atoms with Crippen LogP contribution in [0.25, 0.3) is 0 Å². The normalized spacial score (nSPS) is 38.9. The van der Waals surface area contributed by atoms with Gasteiger partial charge in [0.25, 0.3) is 0 Å². The minimum atomic E-state index is -1.16. The summed E-state index contributed by atoms with van der Waals surface area (Å²) in [5, 5.41) is 9.89. The zero-order valence-corrected chi connectivity index (χ0v) is 9.87. The molecule has 0 bridgehead atoms. The molecule has 1 fully saturated rings. The Morgan fingerprint density at radius 1 is 1.53 bits per heavy atom. The van der Waals surface area contributed by atoms with Crippen molar-refractivity contribution in [3.63, 3.8) is 0 Å². The van der Waals surface area contributed by atoms with Crippen LogP contribution >= 0.6 is 0 Å². The van der Waals surface area contributed by atoms with E-state index in [2.05, 4.69) is 4.72 Å². The maximum absolute atomic E-state index is 11.4. The van der Waals surface area contributed by atoms with Crippen molar-refractivity contribution in [2.24, 2.45) is 17.4 Å². The Hall–Kier alpha value is -0.0100. The van der Waals surface area contributed by atoms with Gasteiger partial charge in [0.15, 0.2) is 0 Å². The third-order valence-electron chi connectivity index (χ3n) is 2.81. The van der Waals surface area contributed by atoms with Gasteiger partial charge < -0.3 is 16.6 Å². The third kappa shape index (κ3) is 3.81. The average molecular weight is 235 g/mol. The van der Waals surface area contributed by atoms with Gasteiger partial charge in [-0.05, 0) is 18.8 Å². The molecule has 0 aromatic rings. The molecule has 0 radical (unpaired) electrons. The van der Waals surface area contributed by atoms with E-state index in [1.54, 1.807) is 0 Å². The zero-order chi connectivity index (χ0) is 11.4. The predicted molar refractivity (Wildman–Crippen MR) is 61.4 cm³/mol. The van der Waals surface area contributed by atoms with E-state index < -0.39 is 17.1 Å². The minimum Gasteiger partial charge on any atom is -0.391 e. The topological polar surface area (TPSA) is 101 Å². The summed E-state index contributed by atoms with van der Waals surface area (Å²) >= 11 is 0. The van der Waals surface area contributed by atoms with Crippen molar-refractivity contribution in [3.8, 4) is 0 Å². The lowest BCUT2D eigenvalue weighted by atomic mass is 9.82. The second-order valence-corrected chi connectivity index (χ2v) is 5.60. The molecule has 0 spiro atoms. The fourth-order valence-electron chi connectivity index (χ4n) is 2.03. The van der Waals surface area contributed by atoms with Crippen molar-refractivity contribution in [3.05, 3.63) is 0 Å². The van der Waals surface area contributed by atoms with E-state index in [-0.39, 0.29) is 18.0 Å². The van der Waals surface area contributed by atoms with Gasteiger partial charge in [-0.25, -0.2) is 8.93 Å². The molecule has 6 heteroatoms. The van der Waals surface area contributed by atoms with Gasteiger partial charge in [0, 0.05) is 18.6 Å². The first-order valence-corrected chi connectivity index (χ1v) is 6.64. The Morgan fingerprint density at radius 3 is 2.80 bits per heavy atom. The first-order chi connectivity index (χ1) is 7.04. The summed E-state index contributed by atoms with van der Waals surface area (Å²) in [4.78, 5) is 0. The largest absolute Gasteiger partial charge is 0.391 e. The lowest BCUT2D eigenvalue weighted by Crippen LogP contribution is -2.52. The number of nitrogens with one attached hydrogen (secondary N) is 1. The number of rotatable bonds is 4. The molecule has 5 atom stereocenters. The van der Waals surface area contributed by atoms with Gasteiger partial charge in [-0.15, -0.1) is 0 Å². The molecule has 15 heavy (non-hydrogen) atoms. The maximum atomic E-state index is 11.4. The van der Waals surface area contributed by atoms with Gasteiger partial charge in [-0.3, -0.25) is 0 Å². The molecule has 1 saturated carbocycles. The number of nitrogens with two attached hydrogens (primary N) is 2. The molecule has 1 aliphatic carbocycles. The van der Waals surface area contributed by atoms with Crippen molar-refractivity contribution < 1.29 is 9.32 Å². The Kier molecular flexibility index (Phi) is 5.14. The summed E-state index contributed by atoms with van der Waals surface area (Å²) in [6, 6.07) is -0.0908. The minimum absolute atomic E-state index is 0.0794. The molecule has 0 saturated heterocycles. The monoisotopic (exact) mass is 235 g/mol. The van der Waals surface area contributed by atoms with Crippen molar-refractivity contribution in [2.45, 2.75) is 38.0 Å². The van der Waals surface area contributed by atoms with Crippen LogP contribution in [0, 0.1) is 5.92 Å². The maximum Gasteiger partial charge on any atom is 0.0931 e. The summed E-state index contributed by atoms with van der Waals surface area (Å²) in [5.41, 5.74) is 11.2. The van der Waals surface area contributed by atoms with Crippen LogP contribution in [0.5, 0.6) is 0 Å². The standard InChI is InChI=1S/C9H21N3O2S/c1-6-4-7(11)5-8(9(6)13)12-15(14)3-2-10/h6-9,12-13H,2-5,10-11H2,1H3. The first kappa shape index (κ1) is 13.1. The average Bonchev–Trinajstić information content (AvgIpc) is 2.13. The van der Waals surface area contributed by atoms with E-state index in [1.807, 2.05) is 6.92 Å². The van der Waals surface area contributed by atoms with Crippen LogP contribution in [0.3, 0.4) is 0 Å². The van der Waals surface area contributed by atoms with Crippen molar-refractivity contribution >= 4 is 11.0 Å². The van der Waals surface area contributed by atoms with Gasteiger partial charge in [-0.1, -0.05) is 6.92 Å². The van der Waals surface area contributed by atoms with Gasteiger partial charge in [0.2, 0.25) is 0 Å². The van der Waals surface area contributed by atoms with Gasteiger partial charge >= 0.3 is 0 Å². The summed E-state index contributed by atoms with van der Waals surface area (Å²) in [7, 11) is -1.16. The van der Waals surface area contributed by atoms with E-state index in [0.717, 1.165) is 6.42 Å². The quantitative estimate of drug-likeness (QED) is 0.486. The fraction of sp³-hybridized carbons (Fsp3) is 1.00. The second kappa shape index (κ2) is 5.91. The lowest BCUT2D eigenvalue weighted by Gasteiger charge is -2.36. The molecule has 0 aromatic heterocycles. The smallest absolute Gasteiger partial charge is 0.0931 e. The van der Waals surface area contributed by atoms with E-state index in [1.165, 1.54) is 0 Å². The highest BCUT2D eigenvalue weighted by Crippen LogP contribution is 2.23. The van der Waals surface area contributed by atoms with Crippen LogP contribution < -0.4 is 16.2 Å². The third-order valence-corrected chi connectivity index (χ3v) is 3.98. The Bertz CT molecular complexity index is 227. The van der Waals surface area contributed by atoms with Crippen molar-refractivity contribution in [2.75, 3.05) is 12.3 Å². The van der Waals surface area contributed by atoms with Gasteiger partial charge in [0.05, 0.1) is 22.8 Å². The highest BCUT2D eigenvalue weighted by molar-refractivity contribution is 7.83. The Balaban J connectivity index is 2.48. The molecule has 0 heterocycles. The molecule has 1 rings (SSSR count). The molecule has 0 aromatic carbocycles. The molecular weight excluding hydrogens is 214 g/mol. The van der Waals surface area contributed by atoms with E-state index >= 15 is 0 Å². The summed E-state index contributed by atoms with van der Waals surface area (Å²) < 4.78 is 14.3. The van der Waals surface area contributed by atoms with Gasteiger partial charge in [0.1, 0.15) is 0 Å². The molecule has 5 unspecified atom stereocenters. The highest BCUT2D eigenvalue weighted by Gasteiger charge is 2.33. The number of hydrogen-bond acceptors (Lipinski definition) is 4. The Morgan fingerprint density at radius 2 is 2.20 bits per heavy atom. The molecule has 0 aliphatic heterocycles. The fourth-order valence-corrected chi connectivity index (χ4v) is 2.93. The molecule has 6 N–H and O–H groups in total. The highest BCUT2D eigenvalue weighted by atomic mass is 32.2. The molecule has 0 amide bonds. The van der Waals surface area contributed by atoms with Crippen LogP contribution in [0.4, 0.5) is 0 Å². The number of aliphatic hydroxyl groups is 1. The van der Waals surface area contributed by atoms with Crippen molar-refractivity contribution in [1.82, 2.24) is 4.72 Å². The molecule has 1 aliphatic rings. The molecule has 90 valence electrons. The van der Waals surface area contributed by atoms with E-state index in [0.29, 0.717) is 18.7 Å². The van der Waals surface area contributed by atoms with Crippen LogP contribution in [0.15, 0.2) is 0 Å². The SMILES string of the molecule is CC1CC(N)CC(NS(=O)CCN)C1O. The number of hydrogen-bond donors (Lipinski definition) is 4. The van der Waals surface area contributed by atoms with Crippen LogP contribution in [0.2, 0.25) is 0 Å². The second-order valence-electron chi connectivity index (χ2n) is 4.26. The van der Waals surface area contributed by atoms with Crippen LogP contribution in [0.1, 0.15) is 19.8 Å². The zero-order valence-electron chi connectivity index (χ0n) is 9.06. The van der Waals surface area contributed by atoms with Crippen molar-refractivity contribution in [1.29, 1.82) is 0 Å². The Labute approximate surface area is 93.2 Å². The lowest BCUT2D eigenvalue weighted by molar-refractivity contribution is 0.0475. The summed E-state index contributed by atoms with van der Waals surface area (Å²) in [6.07, 6.45) is 1.02.